The molecule has 0 aliphatic heterocycles. The first-order valence-corrected chi connectivity index (χ1v) is 6.95. The molecule has 0 heterocycles. The fourth-order valence-electron chi connectivity index (χ4n) is 2.38. The minimum Gasteiger partial charge on any atom is -0.381 e. The van der Waals surface area contributed by atoms with Gasteiger partial charge in [-0.05, 0) is 59.7 Å². The van der Waals surface area contributed by atoms with E-state index in [-0.39, 0.29) is 0 Å². The van der Waals surface area contributed by atoms with Gasteiger partial charge in [-0.1, -0.05) is 13.0 Å². The maximum absolute atomic E-state index is 9.15. The van der Waals surface area contributed by atoms with E-state index in [1.54, 1.807) is 0 Å². The lowest BCUT2D eigenvalue weighted by Gasteiger charge is -2.28. The van der Waals surface area contributed by atoms with Gasteiger partial charge in [0.25, 0.3) is 0 Å². The van der Waals surface area contributed by atoms with Crippen molar-refractivity contribution < 1.29 is 0 Å². The van der Waals surface area contributed by atoms with Crippen LogP contribution < -0.4 is 5.32 Å². The van der Waals surface area contributed by atoms with Crippen molar-refractivity contribution in [3.05, 3.63) is 28.2 Å². The fraction of sp³-hybridized carbons (Fsp3) is 0.500. The Morgan fingerprint density at radius 1 is 1.29 bits per heavy atom. The lowest BCUT2D eigenvalue weighted by molar-refractivity contribution is 0.361. The summed E-state index contributed by atoms with van der Waals surface area (Å²) < 4.78 is 0.870. The average Bonchev–Trinajstić information content (AvgIpc) is 2.32. The Bertz CT molecular complexity index is 428. The van der Waals surface area contributed by atoms with E-state index >= 15 is 0 Å². The van der Waals surface area contributed by atoms with Crippen molar-refractivity contribution in [2.75, 3.05) is 5.32 Å². The summed E-state index contributed by atoms with van der Waals surface area (Å²) >= 11 is 3.42. The first-order chi connectivity index (χ1) is 8.20. The second kappa shape index (κ2) is 5.55. The maximum Gasteiger partial charge on any atom is 0.103 e. The molecule has 0 bridgehead atoms. The fourth-order valence-corrected chi connectivity index (χ4v) is 2.84. The molecule has 17 heavy (non-hydrogen) atoms. The maximum atomic E-state index is 9.15. The predicted molar refractivity (Wildman–Crippen MR) is 73.9 cm³/mol. The zero-order chi connectivity index (χ0) is 12.3. The summed E-state index contributed by atoms with van der Waals surface area (Å²) in [5.41, 5.74) is 1.67. The van der Waals surface area contributed by atoms with Crippen LogP contribution in [0.3, 0.4) is 0 Å². The number of rotatable bonds is 2. The van der Waals surface area contributed by atoms with Gasteiger partial charge in [0.05, 0.1) is 11.3 Å². The van der Waals surface area contributed by atoms with Crippen LogP contribution in [-0.4, -0.2) is 6.04 Å². The van der Waals surface area contributed by atoms with Crippen LogP contribution in [0.25, 0.3) is 0 Å². The molecule has 0 spiro atoms. The molecule has 3 heteroatoms. The highest BCUT2D eigenvalue weighted by molar-refractivity contribution is 9.10. The second-order valence-electron chi connectivity index (χ2n) is 4.88. The third-order valence-corrected chi connectivity index (χ3v) is 4.16. The molecule has 0 amide bonds. The van der Waals surface area contributed by atoms with Gasteiger partial charge in [-0.3, -0.25) is 0 Å². The summed E-state index contributed by atoms with van der Waals surface area (Å²) in [6.45, 7) is 2.32. The Labute approximate surface area is 111 Å². The second-order valence-corrected chi connectivity index (χ2v) is 5.73. The first-order valence-electron chi connectivity index (χ1n) is 6.16. The van der Waals surface area contributed by atoms with Gasteiger partial charge in [-0.2, -0.15) is 5.26 Å². The van der Waals surface area contributed by atoms with E-state index in [9.17, 15) is 0 Å². The smallest absolute Gasteiger partial charge is 0.103 e. The Morgan fingerprint density at radius 2 is 2.00 bits per heavy atom. The van der Waals surface area contributed by atoms with Crippen LogP contribution in [0.2, 0.25) is 0 Å². The van der Waals surface area contributed by atoms with Crippen molar-refractivity contribution in [3.8, 4) is 6.07 Å². The summed E-state index contributed by atoms with van der Waals surface area (Å²) in [6, 6.07) is 8.64. The quantitative estimate of drug-likeness (QED) is 0.882. The van der Waals surface area contributed by atoms with E-state index < -0.39 is 0 Å². The standard InChI is InChI=1S/C14H17BrN2/c1-10-5-7-11(8-6-10)17-14-4-2-3-13(15)12(14)9-16/h2-4,10-11,17H,5-8H2,1H3. The molecule has 0 saturated heterocycles. The summed E-state index contributed by atoms with van der Waals surface area (Å²) in [7, 11) is 0. The molecule has 0 unspecified atom stereocenters. The molecule has 1 saturated carbocycles. The minimum absolute atomic E-state index is 0.521. The monoisotopic (exact) mass is 292 g/mol. The number of nitrogens with zero attached hydrogens (tertiary/aromatic N) is 1. The molecule has 1 aromatic rings. The normalized spacial score (nSPS) is 24.1. The molecule has 1 fully saturated rings. The van der Waals surface area contributed by atoms with Crippen LogP contribution in [0.1, 0.15) is 38.2 Å². The lowest BCUT2D eigenvalue weighted by atomic mass is 9.87. The van der Waals surface area contributed by atoms with Gasteiger partial charge in [-0.25, -0.2) is 0 Å². The molecule has 0 radical (unpaired) electrons. The average molecular weight is 293 g/mol. The van der Waals surface area contributed by atoms with Crippen molar-refractivity contribution in [1.29, 1.82) is 5.26 Å². The zero-order valence-corrected chi connectivity index (χ0v) is 11.6. The van der Waals surface area contributed by atoms with Crippen LogP contribution in [-0.2, 0) is 0 Å². The number of hydrogen-bond donors (Lipinski definition) is 1. The van der Waals surface area contributed by atoms with E-state index in [4.69, 9.17) is 5.26 Å². The van der Waals surface area contributed by atoms with Gasteiger partial charge in [0.2, 0.25) is 0 Å². The molecular weight excluding hydrogens is 276 g/mol. The molecule has 1 aromatic carbocycles. The first kappa shape index (κ1) is 12.4. The zero-order valence-electron chi connectivity index (χ0n) is 10.0. The molecule has 90 valence electrons. The number of benzene rings is 1. The van der Waals surface area contributed by atoms with Crippen molar-refractivity contribution in [2.24, 2.45) is 5.92 Å². The lowest BCUT2D eigenvalue weighted by Crippen LogP contribution is -2.25. The SMILES string of the molecule is CC1CCC(Nc2cccc(Br)c2C#N)CC1. The van der Waals surface area contributed by atoms with E-state index in [2.05, 4.69) is 34.2 Å². The van der Waals surface area contributed by atoms with Crippen molar-refractivity contribution in [1.82, 2.24) is 0 Å². The van der Waals surface area contributed by atoms with Gasteiger partial charge >= 0.3 is 0 Å². The number of anilines is 1. The number of halogens is 1. The van der Waals surface area contributed by atoms with Gasteiger partial charge in [0, 0.05) is 10.5 Å². The highest BCUT2D eigenvalue weighted by Gasteiger charge is 2.19. The van der Waals surface area contributed by atoms with Gasteiger partial charge in [-0.15, -0.1) is 0 Å². The van der Waals surface area contributed by atoms with E-state index in [0.717, 1.165) is 16.1 Å². The third-order valence-electron chi connectivity index (χ3n) is 3.50. The van der Waals surface area contributed by atoms with Crippen molar-refractivity contribution in [3.63, 3.8) is 0 Å². The van der Waals surface area contributed by atoms with E-state index in [1.807, 2.05) is 18.2 Å². The number of hydrogen-bond acceptors (Lipinski definition) is 2. The highest BCUT2D eigenvalue weighted by atomic mass is 79.9. The Balaban J connectivity index is 2.09. The molecule has 1 aliphatic rings. The number of nitrogens with one attached hydrogen (secondary N) is 1. The summed E-state index contributed by atoms with van der Waals surface area (Å²) in [5.74, 6) is 0.853. The summed E-state index contributed by atoms with van der Waals surface area (Å²) in [6.07, 6.45) is 4.98. The summed E-state index contributed by atoms with van der Waals surface area (Å²) in [5, 5.41) is 12.7. The van der Waals surface area contributed by atoms with Gasteiger partial charge in [0.15, 0.2) is 0 Å². The Hall–Kier alpha value is -1.01. The van der Waals surface area contributed by atoms with Gasteiger partial charge in [0.1, 0.15) is 6.07 Å². The van der Waals surface area contributed by atoms with Crippen LogP contribution in [0, 0.1) is 17.2 Å². The molecular formula is C14H17BrN2. The molecule has 0 atom stereocenters. The van der Waals surface area contributed by atoms with E-state index in [1.165, 1.54) is 25.7 Å². The Morgan fingerprint density at radius 3 is 2.65 bits per heavy atom. The third kappa shape index (κ3) is 3.01. The van der Waals surface area contributed by atoms with Crippen LogP contribution in [0.5, 0.6) is 0 Å². The van der Waals surface area contributed by atoms with Crippen molar-refractivity contribution in [2.45, 2.75) is 38.6 Å². The highest BCUT2D eigenvalue weighted by Crippen LogP contribution is 2.29. The van der Waals surface area contributed by atoms with Crippen LogP contribution in [0.4, 0.5) is 5.69 Å². The van der Waals surface area contributed by atoms with Crippen LogP contribution in [0.15, 0.2) is 22.7 Å². The van der Waals surface area contributed by atoms with Crippen molar-refractivity contribution >= 4 is 21.6 Å². The topological polar surface area (TPSA) is 35.8 Å². The largest absolute Gasteiger partial charge is 0.381 e. The predicted octanol–water partition coefficient (Wildman–Crippen LogP) is 4.31. The molecule has 2 rings (SSSR count). The minimum atomic E-state index is 0.521. The van der Waals surface area contributed by atoms with Crippen LogP contribution >= 0.6 is 15.9 Å². The van der Waals surface area contributed by atoms with Gasteiger partial charge < -0.3 is 5.32 Å². The summed E-state index contributed by atoms with van der Waals surface area (Å²) in [4.78, 5) is 0. The Kier molecular flexibility index (Phi) is 4.06. The molecule has 0 aromatic heterocycles. The molecule has 1 aliphatic carbocycles. The molecule has 1 N–H and O–H groups in total. The molecule has 2 nitrogen and oxygen atoms in total. The van der Waals surface area contributed by atoms with E-state index in [0.29, 0.717) is 11.6 Å². The number of nitriles is 1.